The largest absolute Gasteiger partial charge is 0.387 e. The zero-order valence-electron chi connectivity index (χ0n) is 12.2. The first-order valence-electron chi connectivity index (χ1n) is 6.61. The Balaban J connectivity index is 2.27. The zero-order valence-corrected chi connectivity index (χ0v) is 14.6. The molecule has 1 amide bonds. The summed E-state index contributed by atoms with van der Waals surface area (Å²) < 4.78 is 27.8. The third-order valence-corrected chi connectivity index (χ3v) is 5.28. The fourth-order valence-corrected chi connectivity index (χ4v) is 4.14. The van der Waals surface area contributed by atoms with E-state index in [9.17, 15) is 13.2 Å². The molecule has 0 aliphatic heterocycles. The van der Waals surface area contributed by atoms with Crippen LogP contribution in [0.25, 0.3) is 0 Å². The van der Waals surface area contributed by atoms with Crippen molar-refractivity contribution in [3.63, 3.8) is 0 Å². The normalized spacial score (nSPS) is 11.1. The van der Waals surface area contributed by atoms with E-state index in [1.807, 2.05) is 6.92 Å². The van der Waals surface area contributed by atoms with E-state index in [1.165, 1.54) is 12.1 Å². The average Bonchev–Trinajstić information content (AvgIpc) is 2.46. The van der Waals surface area contributed by atoms with Crippen LogP contribution in [0.3, 0.4) is 0 Å². The summed E-state index contributed by atoms with van der Waals surface area (Å²) in [6, 6.07) is 11.1. The van der Waals surface area contributed by atoms with Crippen LogP contribution < -0.4 is 10.0 Å². The predicted molar refractivity (Wildman–Crippen MR) is 91.8 cm³/mol. The van der Waals surface area contributed by atoms with Crippen LogP contribution in [-0.2, 0) is 14.8 Å². The summed E-state index contributed by atoms with van der Waals surface area (Å²) in [4.78, 5) is 11.3. The highest BCUT2D eigenvalue weighted by Crippen LogP contribution is 2.26. The van der Waals surface area contributed by atoms with Crippen LogP contribution in [0.5, 0.6) is 0 Å². The fraction of sp³-hybridized carbons (Fsp3) is 0.133. The summed E-state index contributed by atoms with van der Waals surface area (Å²) in [6.45, 7) is 1.22. The van der Waals surface area contributed by atoms with Gasteiger partial charge >= 0.3 is 0 Å². The highest BCUT2D eigenvalue weighted by Gasteiger charge is 2.18. The predicted octanol–water partition coefficient (Wildman–Crippen LogP) is 2.49. The molecule has 0 aliphatic carbocycles. The number of amides is 1. The Kier molecular flexibility index (Phi) is 5.40. The van der Waals surface area contributed by atoms with Gasteiger partial charge in [0, 0.05) is 10.2 Å². The van der Waals surface area contributed by atoms with E-state index in [0.29, 0.717) is 15.8 Å². The van der Waals surface area contributed by atoms with Gasteiger partial charge in [-0.25, -0.2) is 8.42 Å². The molecule has 2 rings (SSSR count). The highest BCUT2D eigenvalue weighted by atomic mass is 79.9. The van der Waals surface area contributed by atoms with E-state index in [-0.39, 0.29) is 4.90 Å². The minimum absolute atomic E-state index is 0.118. The lowest BCUT2D eigenvalue weighted by atomic mass is 10.2. The molecule has 0 spiro atoms. The number of aryl methyl sites for hydroxylation is 1. The SMILES string of the molecule is Cc1ccc(S(=O)(=O)Nc2cccc(NC(=O)CO)c2)c(Br)c1. The summed E-state index contributed by atoms with van der Waals surface area (Å²) >= 11 is 3.25. The van der Waals surface area contributed by atoms with Crippen molar-refractivity contribution in [3.05, 3.63) is 52.5 Å². The van der Waals surface area contributed by atoms with Gasteiger partial charge in [0.2, 0.25) is 5.91 Å². The van der Waals surface area contributed by atoms with Crippen molar-refractivity contribution in [2.45, 2.75) is 11.8 Å². The monoisotopic (exact) mass is 398 g/mol. The van der Waals surface area contributed by atoms with Gasteiger partial charge in [0.25, 0.3) is 10.0 Å². The Morgan fingerprint density at radius 1 is 1.17 bits per heavy atom. The fourth-order valence-electron chi connectivity index (χ4n) is 1.89. The number of rotatable bonds is 5. The summed E-state index contributed by atoms with van der Waals surface area (Å²) in [7, 11) is -3.77. The van der Waals surface area contributed by atoms with Gasteiger partial charge in [-0.3, -0.25) is 9.52 Å². The second-order valence-corrected chi connectivity index (χ2v) is 7.33. The molecule has 2 aromatic carbocycles. The van der Waals surface area contributed by atoms with E-state index >= 15 is 0 Å². The Hall–Kier alpha value is -1.90. The van der Waals surface area contributed by atoms with Crippen LogP contribution in [0.1, 0.15) is 5.56 Å². The Labute approximate surface area is 142 Å². The molecule has 0 atom stereocenters. The molecule has 3 N–H and O–H groups in total. The molecule has 23 heavy (non-hydrogen) atoms. The highest BCUT2D eigenvalue weighted by molar-refractivity contribution is 9.10. The van der Waals surface area contributed by atoms with Crippen molar-refractivity contribution < 1.29 is 18.3 Å². The summed E-state index contributed by atoms with van der Waals surface area (Å²) in [6.07, 6.45) is 0. The Morgan fingerprint density at radius 3 is 2.52 bits per heavy atom. The first-order valence-corrected chi connectivity index (χ1v) is 8.89. The standard InChI is InChI=1S/C15H15BrN2O4S/c1-10-5-6-14(13(16)7-10)23(21,22)18-12-4-2-3-11(8-12)17-15(20)9-19/h2-8,18-19H,9H2,1H3,(H,17,20). The van der Waals surface area contributed by atoms with Crippen LogP contribution in [-0.4, -0.2) is 26.0 Å². The summed E-state index contributed by atoms with van der Waals surface area (Å²) in [5.74, 6) is -0.578. The number of hydrogen-bond acceptors (Lipinski definition) is 4. The van der Waals surface area contributed by atoms with Gasteiger partial charge in [0.15, 0.2) is 0 Å². The maximum Gasteiger partial charge on any atom is 0.263 e. The average molecular weight is 399 g/mol. The number of nitrogens with one attached hydrogen (secondary N) is 2. The molecule has 6 nitrogen and oxygen atoms in total. The number of sulfonamides is 1. The van der Waals surface area contributed by atoms with Crippen LogP contribution in [0.4, 0.5) is 11.4 Å². The van der Waals surface area contributed by atoms with Crippen molar-refractivity contribution in [1.29, 1.82) is 0 Å². The van der Waals surface area contributed by atoms with Crippen LogP contribution >= 0.6 is 15.9 Å². The van der Waals surface area contributed by atoms with E-state index in [2.05, 4.69) is 26.0 Å². The first-order chi connectivity index (χ1) is 10.8. The van der Waals surface area contributed by atoms with Gasteiger partial charge in [0.1, 0.15) is 11.5 Å². The summed E-state index contributed by atoms with van der Waals surface area (Å²) in [5, 5.41) is 11.2. The van der Waals surface area contributed by atoms with Crippen LogP contribution in [0.15, 0.2) is 51.8 Å². The van der Waals surface area contributed by atoms with Gasteiger partial charge in [-0.2, -0.15) is 0 Å². The van der Waals surface area contributed by atoms with Crippen molar-refractivity contribution in [2.75, 3.05) is 16.6 Å². The molecule has 0 aromatic heterocycles. The molecular formula is C15H15BrN2O4S. The molecule has 0 aliphatic rings. The molecule has 0 bridgehead atoms. The number of anilines is 2. The third kappa shape index (κ3) is 4.54. The molecule has 2 aromatic rings. The van der Waals surface area contributed by atoms with Gasteiger partial charge < -0.3 is 10.4 Å². The minimum Gasteiger partial charge on any atom is -0.387 e. The smallest absolute Gasteiger partial charge is 0.263 e. The number of halogens is 1. The van der Waals surface area contributed by atoms with Crippen molar-refractivity contribution in [2.24, 2.45) is 0 Å². The Morgan fingerprint density at radius 2 is 1.87 bits per heavy atom. The lowest BCUT2D eigenvalue weighted by molar-refractivity contribution is -0.118. The zero-order chi connectivity index (χ0) is 17.0. The number of carbonyl (C=O) groups excluding carboxylic acids is 1. The van der Waals surface area contributed by atoms with E-state index in [4.69, 9.17) is 5.11 Å². The van der Waals surface area contributed by atoms with Gasteiger partial charge in [0.05, 0.1) is 5.69 Å². The number of carbonyl (C=O) groups is 1. The second kappa shape index (κ2) is 7.12. The molecular weight excluding hydrogens is 384 g/mol. The van der Waals surface area contributed by atoms with Gasteiger partial charge in [-0.15, -0.1) is 0 Å². The Bertz CT molecular complexity index is 837. The number of hydrogen-bond donors (Lipinski definition) is 3. The van der Waals surface area contributed by atoms with Crippen molar-refractivity contribution in [3.8, 4) is 0 Å². The maximum atomic E-state index is 12.5. The lowest BCUT2D eigenvalue weighted by Gasteiger charge is -2.11. The van der Waals surface area contributed by atoms with Crippen molar-refractivity contribution in [1.82, 2.24) is 0 Å². The molecule has 8 heteroatoms. The molecule has 0 fully saturated rings. The van der Waals surface area contributed by atoms with Gasteiger partial charge in [-0.05, 0) is 58.7 Å². The van der Waals surface area contributed by atoms with Gasteiger partial charge in [-0.1, -0.05) is 12.1 Å². The molecule has 122 valence electrons. The van der Waals surface area contributed by atoms with E-state index in [1.54, 1.807) is 30.3 Å². The maximum absolute atomic E-state index is 12.5. The van der Waals surface area contributed by atoms with E-state index < -0.39 is 22.5 Å². The molecule has 0 saturated carbocycles. The summed E-state index contributed by atoms with van der Waals surface area (Å²) in [5.41, 5.74) is 1.62. The second-order valence-electron chi connectivity index (χ2n) is 4.83. The molecule has 0 heterocycles. The quantitative estimate of drug-likeness (QED) is 0.720. The lowest BCUT2D eigenvalue weighted by Crippen LogP contribution is -2.16. The van der Waals surface area contributed by atoms with Crippen molar-refractivity contribution >= 4 is 43.2 Å². The minimum atomic E-state index is -3.77. The number of aliphatic hydroxyl groups excluding tert-OH is 1. The topological polar surface area (TPSA) is 95.5 Å². The first kappa shape index (κ1) is 17.5. The molecule has 0 radical (unpaired) electrons. The third-order valence-electron chi connectivity index (χ3n) is 2.92. The van der Waals surface area contributed by atoms with Crippen LogP contribution in [0.2, 0.25) is 0 Å². The number of benzene rings is 2. The molecule has 0 unspecified atom stereocenters. The van der Waals surface area contributed by atoms with E-state index in [0.717, 1.165) is 5.56 Å². The molecule has 0 saturated heterocycles. The van der Waals surface area contributed by atoms with Crippen LogP contribution in [0, 0.1) is 6.92 Å². The number of aliphatic hydroxyl groups is 1.